The molecule has 1 fully saturated rings. The minimum absolute atomic E-state index is 0.0355. The lowest BCUT2D eigenvalue weighted by Gasteiger charge is -2.24. The number of benzene rings is 2. The molecule has 1 saturated heterocycles. The van der Waals surface area contributed by atoms with Gasteiger partial charge >= 0.3 is 0 Å². The van der Waals surface area contributed by atoms with Crippen LogP contribution >= 0.6 is 0 Å². The minimum atomic E-state index is 0.0355. The monoisotopic (exact) mass is 476 g/mol. The van der Waals surface area contributed by atoms with Crippen molar-refractivity contribution in [3.8, 4) is 17.2 Å². The van der Waals surface area contributed by atoms with Crippen molar-refractivity contribution in [2.24, 2.45) is 0 Å². The maximum atomic E-state index is 13.4. The van der Waals surface area contributed by atoms with E-state index in [0.29, 0.717) is 50.6 Å². The summed E-state index contributed by atoms with van der Waals surface area (Å²) < 4.78 is 22.5. The van der Waals surface area contributed by atoms with Crippen molar-refractivity contribution < 1.29 is 23.7 Å². The molecule has 2 aromatic carbocycles. The van der Waals surface area contributed by atoms with Gasteiger partial charge in [0.05, 0.1) is 27.4 Å². The summed E-state index contributed by atoms with van der Waals surface area (Å²) in [6, 6.07) is 17.5. The average Bonchev–Trinajstić information content (AvgIpc) is 3.41. The molecule has 0 aliphatic carbocycles. The average molecular weight is 477 g/mol. The van der Waals surface area contributed by atoms with Gasteiger partial charge in [-0.3, -0.25) is 9.78 Å². The van der Waals surface area contributed by atoms with Crippen LogP contribution in [-0.4, -0.2) is 49.3 Å². The zero-order valence-electron chi connectivity index (χ0n) is 20.3. The topological polar surface area (TPSA) is 70.1 Å². The normalized spacial score (nSPS) is 15.0. The molecule has 35 heavy (non-hydrogen) atoms. The molecule has 0 spiro atoms. The Bertz CT molecular complexity index is 1100. The van der Waals surface area contributed by atoms with Crippen molar-refractivity contribution in [2.75, 3.05) is 27.4 Å². The molecule has 1 aliphatic heterocycles. The first kappa shape index (κ1) is 24.5. The molecule has 184 valence electrons. The van der Waals surface area contributed by atoms with Crippen LogP contribution in [0.4, 0.5) is 0 Å². The number of aromatic nitrogens is 1. The summed E-state index contributed by atoms with van der Waals surface area (Å²) in [5.74, 6) is 2.19. The van der Waals surface area contributed by atoms with Crippen LogP contribution in [0.1, 0.15) is 29.5 Å². The van der Waals surface area contributed by atoms with E-state index in [-0.39, 0.29) is 12.0 Å². The number of para-hydroxylation sites is 1. The SMILES string of the molecule is COc1ccccc1CCC(=O)N(Cc1cccnc1)Cc1ccc(O[C@H]2CCOC2)c(OC)c1. The van der Waals surface area contributed by atoms with E-state index in [1.165, 1.54) is 0 Å². The second-order valence-electron chi connectivity index (χ2n) is 8.51. The zero-order chi connectivity index (χ0) is 24.5. The summed E-state index contributed by atoms with van der Waals surface area (Å²) in [6.07, 6.45) is 5.41. The van der Waals surface area contributed by atoms with Gasteiger partial charge < -0.3 is 23.8 Å². The first-order valence-corrected chi connectivity index (χ1v) is 11.9. The summed E-state index contributed by atoms with van der Waals surface area (Å²) in [5.41, 5.74) is 2.96. The number of rotatable bonds is 11. The summed E-state index contributed by atoms with van der Waals surface area (Å²) in [7, 11) is 3.28. The first-order chi connectivity index (χ1) is 17.2. The Morgan fingerprint density at radius 1 is 1.00 bits per heavy atom. The number of pyridine rings is 1. The van der Waals surface area contributed by atoms with Gasteiger partial charge in [-0.1, -0.05) is 30.3 Å². The third-order valence-corrected chi connectivity index (χ3v) is 6.03. The maximum Gasteiger partial charge on any atom is 0.223 e. The fourth-order valence-corrected chi connectivity index (χ4v) is 4.17. The predicted octanol–water partition coefficient (Wildman–Crippen LogP) is 4.43. The van der Waals surface area contributed by atoms with E-state index in [9.17, 15) is 4.79 Å². The van der Waals surface area contributed by atoms with E-state index in [1.54, 1.807) is 26.6 Å². The van der Waals surface area contributed by atoms with Crippen LogP contribution < -0.4 is 14.2 Å². The Balaban J connectivity index is 1.49. The molecule has 1 amide bonds. The van der Waals surface area contributed by atoms with Gasteiger partial charge in [-0.15, -0.1) is 0 Å². The van der Waals surface area contributed by atoms with Crippen LogP contribution in [0.25, 0.3) is 0 Å². The molecule has 4 rings (SSSR count). The van der Waals surface area contributed by atoms with Gasteiger partial charge in [-0.05, 0) is 47.4 Å². The van der Waals surface area contributed by atoms with Gasteiger partial charge in [0.25, 0.3) is 0 Å². The van der Waals surface area contributed by atoms with Crippen LogP contribution in [0.5, 0.6) is 17.2 Å². The Morgan fingerprint density at radius 2 is 1.83 bits per heavy atom. The fourth-order valence-electron chi connectivity index (χ4n) is 4.17. The molecular formula is C28H32N2O5. The lowest BCUT2D eigenvalue weighted by Crippen LogP contribution is -2.30. The van der Waals surface area contributed by atoms with Crippen LogP contribution in [0, 0.1) is 0 Å². The number of aryl methyl sites for hydroxylation is 1. The van der Waals surface area contributed by atoms with Crippen LogP contribution in [-0.2, 0) is 29.0 Å². The molecular weight excluding hydrogens is 444 g/mol. The van der Waals surface area contributed by atoms with Crippen LogP contribution in [0.2, 0.25) is 0 Å². The zero-order valence-corrected chi connectivity index (χ0v) is 20.3. The van der Waals surface area contributed by atoms with Crippen molar-refractivity contribution in [2.45, 2.75) is 38.5 Å². The van der Waals surface area contributed by atoms with Crippen molar-refractivity contribution >= 4 is 5.91 Å². The maximum absolute atomic E-state index is 13.4. The smallest absolute Gasteiger partial charge is 0.223 e. The molecule has 7 heteroatoms. The minimum Gasteiger partial charge on any atom is -0.496 e. The highest BCUT2D eigenvalue weighted by Crippen LogP contribution is 2.31. The van der Waals surface area contributed by atoms with Crippen molar-refractivity contribution in [1.82, 2.24) is 9.88 Å². The van der Waals surface area contributed by atoms with E-state index < -0.39 is 0 Å². The molecule has 0 N–H and O–H groups in total. The number of methoxy groups -OCH3 is 2. The van der Waals surface area contributed by atoms with Gasteiger partial charge in [0, 0.05) is 38.3 Å². The summed E-state index contributed by atoms with van der Waals surface area (Å²) in [4.78, 5) is 19.4. The van der Waals surface area contributed by atoms with E-state index in [2.05, 4.69) is 4.98 Å². The molecule has 0 radical (unpaired) electrons. The molecule has 3 aromatic rings. The lowest BCUT2D eigenvalue weighted by molar-refractivity contribution is -0.132. The Hall–Kier alpha value is -3.58. The number of carbonyl (C=O) groups is 1. The van der Waals surface area contributed by atoms with Crippen molar-refractivity contribution in [3.05, 3.63) is 83.7 Å². The van der Waals surface area contributed by atoms with E-state index in [1.807, 2.05) is 59.5 Å². The first-order valence-electron chi connectivity index (χ1n) is 11.9. The Kier molecular flexibility index (Phi) is 8.57. The molecule has 1 aliphatic rings. The number of hydrogen-bond donors (Lipinski definition) is 0. The second kappa shape index (κ2) is 12.2. The molecule has 1 atom stereocenters. The molecule has 1 aromatic heterocycles. The van der Waals surface area contributed by atoms with E-state index >= 15 is 0 Å². The summed E-state index contributed by atoms with van der Waals surface area (Å²) >= 11 is 0. The van der Waals surface area contributed by atoms with Crippen LogP contribution in [0.15, 0.2) is 67.0 Å². The van der Waals surface area contributed by atoms with Gasteiger partial charge in [0.15, 0.2) is 11.5 Å². The van der Waals surface area contributed by atoms with Gasteiger partial charge in [-0.2, -0.15) is 0 Å². The third-order valence-electron chi connectivity index (χ3n) is 6.03. The number of amides is 1. The highest BCUT2D eigenvalue weighted by atomic mass is 16.6. The van der Waals surface area contributed by atoms with Crippen LogP contribution in [0.3, 0.4) is 0 Å². The number of carbonyl (C=O) groups excluding carboxylic acids is 1. The van der Waals surface area contributed by atoms with Gasteiger partial charge in [-0.25, -0.2) is 0 Å². The summed E-state index contributed by atoms with van der Waals surface area (Å²) in [5, 5.41) is 0. The highest BCUT2D eigenvalue weighted by molar-refractivity contribution is 5.76. The Morgan fingerprint density at radius 3 is 2.57 bits per heavy atom. The number of hydrogen-bond acceptors (Lipinski definition) is 6. The molecule has 2 heterocycles. The predicted molar refractivity (Wildman–Crippen MR) is 133 cm³/mol. The van der Waals surface area contributed by atoms with Gasteiger partial charge in [0.2, 0.25) is 5.91 Å². The third kappa shape index (κ3) is 6.73. The molecule has 0 bridgehead atoms. The van der Waals surface area contributed by atoms with Crippen molar-refractivity contribution in [3.63, 3.8) is 0 Å². The lowest BCUT2D eigenvalue weighted by atomic mass is 10.1. The quantitative estimate of drug-likeness (QED) is 0.408. The number of nitrogens with zero attached hydrogens (tertiary/aromatic N) is 2. The highest BCUT2D eigenvalue weighted by Gasteiger charge is 2.20. The Labute approximate surface area is 206 Å². The van der Waals surface area contributed by atoms with E-state index in [4.69, 9.17) is 18.9 Å². The second-order valence-corrected chi connectivity index (χ2v) is 8.51. The largest absolute Gasteiger partial charge is 0.496 e. The van der Waals surface area contributed by atoms with Gasteiger partial charge in [0.1, 0.15) is 11.9 Å². The number of ether oxygens (including phenoxy) is 4. The summed E-state index contributed by atoms with van der Waals surface area (Å²) in [6.45, 7) is 2.22. The standard InChI is InChI=1S/C28H32N2O5/c1-32-25-8-4-3-7-23(25)10-12-28(31)30(19-22-6-5-14-29-17-22)18-21-9-11-26(27(16-21)33-2)35-24-13-15-34-20-24/h3-9,11,14,16-17,24H,10,12-13,15,18-20H2,1-2H3/t24-/m0/s1. The van der Waals surface area contributed by atoms with E-state index in [0.717, 1.165) is 28.9 Å². The molecule has 0 saturated carbocycles. The fraction of sp³-hybridized carbons (Fsp3) is 0.357. The molecule has 0 unspecified atom stereocenters. The molecule has 7 nitrogen and oxygen atoms in total. The van der Waals surface area contributed by atoms with Crippen molar-refractivity contribution in [1.29, 1.82) is 0 Å².